The summed E-state index contributed by atoms with van der Waals surface area (Å²) in [7, 11) is -3.36. The quantitative estimate of drug-likeness (QED) is 0.301. The normalized spacial score (nSPS) is 15.3. The van der Waals surface area contributed by atoms with Gasteiger partial charge < -0.3 is 19.8 Å². The predicted octanol–water partition coefficient (Wildman–Crippen LogP) is 3.38. The second-order valence-corrected chi connectivity index (χ2v) is 11.5. The summed E-state index contributed by atoms with van der Waals surface area (Å²) < 4.78 is 83.2. The first kappa shape index (κ1) is 32.3. The van der Waals surface area contributed by atoms with E-state index >= 15 is 0 Å². The first-order valence-electron chi connectivity index (χ1n) is 12.4. The van der Waals surface area contributed by atoms with Gasteiger partial charge in [-0.15, -0.1) is 13.2 Å². The Morgan fingerprint density at radius 2 is 1.95 bits per heavy atom. The van der Waals surface area contributed by atoms with Crippen LogP contribution in [0.3, 0.4) is 0 Å². The third-order valence-corrected chi connectivity index (χ3v) is 6.65. The van der Waals surface area contributed by atoms with Crippen LogP contribution < -0.4 is 9.47 Å². The molecular formula is C26H27F4N5O6S. The fourth-order valence-electron chi connectivity index (χ4n) is 4.03. The number of nitrogens with zero attached hydrogens (tertiary/aromatic N) is 4. The largest absolute Gasteiger partial charge is 0.573 e. The average molecular weight is 614 g/mol. The minimum absolute atomic E-state index is 0.0238. The highest BCUT2D eigenvalue weighted by molar-refractivity contribution is 7.90. The van der Waals surface area contributed by atoms with Crippen LogP contribution in [0.4, 0.5) is 17.6 Å². The zero-order chi connectivity index (χ0) is 31.1. The lowest BCUT2D eigenvalue weighted by atomic mass is 10.0. The molecule has 1 aliphatic heterocycles. The maximum atomic E-state index is 14.0. The van der Waals surface area contributed by atoms with Gasteiger partial charge in [-0.3, -0.25) is 14.6 Å². The van der Waals surface area contributed by atoms with Crippen LogP contribution in [0, 0.1) is 11.2 Å². The maximum absolute atomic E-state index is 14.0. The molecule has 1 aromatic heterocycles. The fraction of sp³-hybridized carbons (Fsp3) is 0.385. The van der Waals surface area contributed by atoms with Gasteiger partial charge >= 0.3 is 6.36 Å². The Balaban J connectivity index is 1.63. The number of likely N-dealkylation sites (tertiary alicyclic amines) is 1. The standard InChI is InChI=1S/C26H27F4N5O6S/c1-32-24(37)20-11-17(18(12-31)13-33-15-42(2,38)39)14-34-25(20)40-19-5-7-35(8-6-19)23(36)10-16-3-4-22(21(27)9-16)41-26(28,29)30/h3-4,9,11-14,18-19,31H,1,5-8,10,15H2,2H3. The minimum Gasteiger partial charge on any atom is -0.474 e. The summed E-state index contributed by atoms with van der Waals surface area (Å²) in [5.74, 6) is -4.58. The molecule has 226 valence electrons. The van der Waals surface area contributed by atoms with Crippen molar-refractivity contribution in [3.05, 3.63) is 53.0 Å². The first-order valence-corrected chi connectivity index (χ1v) is 14.4. The van der Waals surface area contributed by atoms with Crippen molar-refractivity contribution in [1.82, 2.24) is 9.88 Å². The van der Waals surface area contributed by atoms with Crippen LogP contribution in [0.1, 0.15) is 40.2 Å². The molecule has 1 fully saturated rings. The fourth-order valence-corrected chi connectivity index (χ4v) is 4.39. The van der Waals surface area contributed by atoms with Gasteiger partial charge in [0.05, 0.1) is 12.3 Å². The lowest BCUT2D eigenvalue weighted by Gasteiger charge is -2.32. The summed E-state index contributed by atoms with van der Waals surface area (Å²) in [6.07, 6.45) is -0.352. The van der Waals surface area contributed by atoms with E-state index in [1.807, 2.05) is 0 Å². The second-order valence-electron chi connectivity index (χ2n) is 9.35. The number of hydrogen-bond donors (Lipinski definition) is 1. The van der Waals surface area contributed by atoms with Crippen molar-refractivity contribution in [2.45, 2.75) is 37.6 Å². The highest BCUT2D eigenvalue weighted by atomic mass is 32.2. The SMILES string of the molecule is C=NC(=O)c1cc(C(C=N)C=NCS(C)(=O)=O)cnc1OC1CCN(C(=O)Cc2ccc(OC(F)(F)F)c(F)c2)CC1. The van der Waals surface area contributed by atoms with Crippen LogP contribution in [0.5, 0.6) is 11.6 Å². The van der Waals surface area contributed by atoms with Crippen LogP contribution in [0.25, 0.3) is 0 Å². The first-order chi connectivity index (χ1) is 19.7. The van der Waals surface area contributed by atoms with Crippen molar-refractivity contribution in [1.29, 1.82) is 5.41 Å². The van der Waals surface area contributed by atoms with Crippen molar-refractivity contribution >= 4 is 40.8 Å². The van der Waals surface area contributed by atoms with Gasteiger partial charge in [0.1, 0.15) is 17.5 Å². The predicted molar refractivity (Wildman–Crippen MR) is 145 cm³/mol. The maximum Gasteiger partial charge on any atom is 0.573 e. The molecule has 11 nitrogen and oxygen atoms in total. The molecule has 0 aliphatic carbocycles. The number of ether oxygens (including phenoxy) is 2. The van der Waals surface area contributed by atoms with Crippen molar-refractivity contribution in [2.75, 3.05) is 25.2 Å². The van der Waals surface area contributed by atoms with E-state index in [0.29, 0.717) is 18.4 Å². The molecule has 1 saturated heterocycles. The zero-order valence-electron chi connectivity index (χ0n) is 22.3. The minimum atomic E-state index is -5.04. The number of halogens is 4. The van der Waals surface area contributed by atoms with Gasteiger partial charge in [-0.2, -0.15) is 0 Å². The van der Waals surface area contributed by atoms with E-state index in [-0.39, 0.29) is 42.4 Å². The van der Waals surface area contributed by atoms with Gasteiger partial charge in [-0.25, -0.2) is 22.8 Å². The van der Waals surface area contributed by atoms with E-state index in [1.165, 1.54) is 29.4 Å². The number of carbonyl (C=O) groups is 2. The molecule has 0 saturated carbocycles. The number of benzene rings is 1. The number of pyridine rings is 1. The Kier molecular flexibility index (Phi) is 10.5. The number of hydrogen-bond acceptors (Lipinski definition) is 9. The van der Waals surface area contributed by atoms with Crippen LogP contribution in [-0.4, -0.2) is 87.0 Å². The highest BCUT2D eigenvalue weighted by Crippen LogP contribution is 2.27. The third-order valence-electron chi connectivity index (χ3n) is 6.04. The molecule has 1 aromatic carbocycles. The summed E-state index contributed by atoms with van der Waals surface area (Å²) in [5, 5.41) is 7.65. The molecule has 42 heavy (non-hydrogen) atoms. The van der Waals surface area contributed by atoms with Crippen LogP contribution in [0.2, 0.25) is 0 Å². The number of rotatable bonds is 11. The summed E-state index contributed by atoms with van der Waals surface area (Å²) in [5.41, 5.74) is 0.528. The molecule has 0 radical (unpaired) electrons. The summed E-state index contributed by atoms with van der Waals surface area (Å²) in [6.45, 7) is 3.76. The monoisotopic (exact) mass is 613 g/mol. The molecule has 1 atom stereocenters. The number of piperidine rings is 1. The van der Waals surface area contributed by atoms with E-state index in [0.717, 1.165) is 24.6 Å². The van der Waals surface area contributed by atoms with E-state index in [2.05, 4.69) is 26.4 Å². The Morgan fingerprint density at radius 1 is 1.26 bits per heavy atom. The third kappa shape index (κ3) is 9.43. The summed E-state index contributed by atoms with van der Waals surface area (Å²) in [6, 6.07) is 4.22. The molecule has 3 rings (SSSR count). The van der Waals surface area contributed by atoms with Gasteiger partial charge in [0.15, 0.2) is 21.4 Å². The van der Waals surface area contributed by atoms with E-state index in [4.69, 9.17) is 10.1 Å². The molecule has 1 aliphatic rings. The van der Waals surface area contributed by atoms with Crippen LogP contribution >= 0.6 is 0 Å². The average Bonchev–Trinajstić information content (AvgIpc) is 2.91. The van der Waals surface area contributed by atoms with Gasteiger partial charge in [0.25, 0.3) is 5.91 Å². The molecule has 0 spiro atoms. The summed E-state index contributed by atoms with van der Waals surface area (Å²) >= 11 is 0. The van der Waals surface area contributed by atoms with E-state index in [9.17, 15) is 35.6 Å². The number of alkyl halides is 3. The highest BCUT2D eigenvalue weighted by Gasteiger charge is 2.32. The molecule has 1 unspecified atom stereocenters. The van der Waals surface area contributed by atoms with Crippen molar-refractivity contribution in [2.24, 2.45) is 9.98 Å². The summed E-state index contributed by atoms with van der Waals surface area (Å²) in [4.78, 5) is 38.1. The lowest BCUT2D eigenvalue weighted by molar-refractivity contribution is -0.275. The number of carbonyl (C=O) groups excluding carboxylic acids is 2. The number of aromatic nitrogens is 1. The molecule has 16 heteroatoms. The smallest absolute Gasteiger partial charge is 0.474 e. The Morgan fingerprint density at radius 3 is 2.52 bits per heavy atom. The van der Waals surface area contributed by atoms with E-state index < -0.39 is 51.6 Å². The van der Waals surface area contributed by atoms with Gasteiger partial charge in [-0.1, -0.05) is 6.07 Å². The second kappa shape index (κ2) is 13.6. The Hall–Kier alpha value is -4.21. The van der Waals surface area contributed by atoms with Gasteiger partial charge in [-0.05, 0) is 36.0 Å². The zero-order valence-corrected chi connectivity index (χ0v) is 23.1. The van der Waals surface area contributed by atoms with Crippen LogP contribution in [0.15, 0.2) is 40.4 Å². The molecule has 2 amide bonds. The molecule has 1 N–H and O–H groups in total. The Bertz CT molecular complexity index is 1470. The number of aliphatic imine (C=N–C) groups is 2. The van der Waals surface area contributed by atoms with Gasteiger partial charge in [0.2, 0.25) is 11.8 Å². The van der Waals surface area contributed by atoms with Crippen molar-refractivity contribution < 1.29 is 45.0 Å². The number of amides is 2. The van der Waals surface area contributed by atoms with Gasteiger partial charge in [0, 0.05) is 50.8 Å². The number of sulfone groups is 1. The van der Waals surface area contributed by atoms with E-state index in [1.54, 1.807) is 0 Å². The lowest BCUT2D eigenvalue weighted by Crippen LogP contribution is -2.42. The topological polar surface area (TPSA) is 151 Å². The molecular weight excluding hydrogens is 586 g/mol. The number of nitrogens with one attached hydrogen (secondary N) is 1. The van der Waals surface area contributed by atoms with Crippen molar-refractivity contribution in [3.8, 4) is 11.6 Å². The van der Waals surface area contributed by atoms with Crippen LogP contribution in [-0.2, 0) is 21.1 Å². The molecule has 0 bridgehead atoms. The van der Waals surface area contributed by atoms with Crippen molar-refractivity contribution in [3.63, 3.8) is 0 Å². The molecule has 2 heterocycles. The Labute approximate surface area is 238 Å². The molecule has 2 aromatic rings.